The topological polar surface area (TPSA) is 86.3 Å². The molecule has 0 aromatic heterocycles. The van der Waals surface area contributed by atoms with E-state index in [1.807, 2.05) is 12.1 Å². The van der Waals surface area contributed by atoms with E-state index in [4.69, 9.17) is 20.0 Å². The van der Waals surface area contributed by atoms with Crippen molar-refractivity contribution in [1.82, 2.24) is 0 Å². The molecule has 0 radical (unpaired) electrons. The van der Waals surface area contributed by atoms with E-state index in [9.17, 15) is 5.11 Å². The Balaban J connectivity index is 2.91. The molecule has 0 aliphatic carbocycles. The molecule has 1 aliphatic heterocycles. The number of ether oxygens (including phenoxy) is 2. The number of aliphatic hydroxyl groups excluding tert-OH is 1. The molecule has 0 aromatic carbocycles. The zero-order chi connectivity index (χ0) is 10.8. The fraction of sp³-hybridized carbons (Fsp3) is 0.778. The molecule has 1 aliphatic rings. The lowest BCUT2D eigenvalue weighted by Gasteiger charge is -2.18. The average Bonchev–Trinajstić information content (AvgIpc) is 2.41. The van der Waals surface area contributed by atoms with Gasteiger partial charge in [0.1, 0.15) is 12.2 Å². The van der Waals surface area contributed by atoms with Crippen molar-refractivity contribution in [2.24, 2.45) is 5.41 Å². The summed E-state index contributed by atoms with van der Waals surface area (Å²) in [6, 6.07) is 3.65. The van der Waals surface area contributed by atoms with Gasteiger partial charge in [-0.25, -0.2) is 0 Å². The third kappa shape index (κ3) is 1.36. The number of hydrogen-bond acceptors (Lipinski definition) is 5. The summed E-state index contributed by atoms with van der Waals surface area (Å²) in [5.41, 5.74) is -1.47. The minimum absolute atomic E-state index is 0.177. The Morgan fingerprint density at radius 1 is 1.50 bits per heavy atom. The van der Waals surface area contributed by atoms with Crippen molar-refractivity contribution in [3.05, 3.63) is 0 Å². The molecule has 1 rings (SSSR count). The predicted octanol–water partition coefficient (Wildman–Crippen LogP) is -0.185. The molecule has 14 heavy (non-hydrogen) atoms. The van der Waals surface area contributed by atoms with E-state index in [2.05, 4.69) is 0 Å². The molecule has 1 N–H and O–H groups in total. The zero-order valence-electron chi connectivity index (χ0n) is 8.10. The average molecular weight is 196 g/mol. The normalized spacial score (nSPS) is 34.8. The third-order valence-electron chi connectivity index (χ3n) is 2.54. The van der Waals surface area contributed by atoms with Crippen LogP contribution in [0.15, 0.2) is 0 Å². The summed E-state index contributed by atoms with van der Waals surface area (Å²) in [5, 5.41) is 27.5. The summed E-state index contributed by atoms with van der Waals surface area (Å²) in [6.45, 7) is 1.78. The zero-order valence-corrected chi connectivity index (χ0v) is 8.10. The van der Waals surface area contributed by atoms with Crippen LogP contribution in [0.3, 0.4) is 0 Å². The van der Waals surface area contributed by atoms with E-state index in [0.717, 1.165) is 0 Å². The highest BCUT2D eigenvalue weighted by Crippen LogP contribution is 2.37. The Morgan fingerprint density at radius 2 is 2.07 bits per heavy atom. The molecule has 1 fully saturated rings. The van der Waals surface area contributed by atoms with E-state index in [0.29, 0.717) is 0 Å². The Hall–Kier alpha value is -1.14. The monoisotopic (exact) mass is 196 g/mol. The van der Waals surface area contributed by atoms with Crippen molar-refractivity contribution in [2.45, 2.75) is 25.2 Å². The second-order valence-electron chi connectivity index (χ2n) is 3.31. The number of rotatable bonds is 2. The Labute approximate surface area is 82.5 Å². The molecular weight excluding hydrogens is 184 g/mol. The van der Waals surface area contributed by atoms with Gasteiger partial charge in [0.05, 0.1) is 24.8 Å². The summed E-state index contributed by atoms with van der Waals surface area (Å²) >= 11 is 0. The molecule has 0 amide bonds. The summed E-state index contributed by atoms with van der Waals surface area (Å²) in [6.07, 6.45) is -2.32. The van der Waals surface area contributed by atoms with Crippen LogP contribution in [0.1, 0.15) is 6.92 Å². The van der Waals surface area contributed by atoms with E-state index < -0.39 is 23.7 Å². The standard InChI is InChI=1S/C9H12N2O3/c1-6-9(4-10,5-11)8(12)7(14-6)3-13-2/h6-8,12H,3H2,1-2H3/t6-,7+,8-/m0/s1. The molecular formula is C9H12N2O3. The first-order valence-corrected chi connectivity index (χ1v) is 4.27. The maximum Gasteiger partial charge on any atom is 0.197 e. The van der Waals surface area contributed by atoms with Gasteiger partial charge < -0.3 is 14.6 Å². The summed E-state index contributed by atoms with van der Waals surface area (Å²) < 4.78 is 10.1. The van der Waals surface area contributed by atoms with Gasteiger partial charge in [0.2, 0.25) is 0 Å². The predicted molar refractivity (Wildman–Crippen MR) is 45.9 cm³/mol. The first-order valence-electron chi connectivity index (χ1n) is 4.27. The summed E-state index contributed by atoms with van der Waals surface area (Å²) in [7, 11) is 1.47. The van der Waals surface area contributed by atoms with E-state index in [-0.39, 0.29) is 6.61 Å². The quantitative estimate of drug-likeness (QED) is 0.661. The van der Waals surface area contributed by atoms with Crippen molar-refractivity contribution in [3.63, 3.8) is 0 Å². The Kier molecular flexibility index (Phi) is 3.07. The van der Waals surface area contributed by atoms with Crippen LogP contribution in [-0.2, 0) is 9.47 Å². The third-order valence-corrected chi connectivity index (χ3v) is 2.54. The molecule has 0 spiro atoms. The van der Waals surface area contributed by atoms with Crippen LogP contribution in [0.2, 0.25) is 0 Å². The van der Waals surface area contributed by atoms with Crippen molar-refractivity contribution >= 4 is 0 Å². The maximum absolute atomic E-state index is 9.75. The first-order chi connectivity index (χ1) is 6.62. The van der Waals surface area contributed by atoms with Gasteiger partial charge in [-0.05, 0) is 6.92 Å². The van der Waals surface area contributed by atoms with Crippen LogP contribution in [0, 0.1) is 28.1 Å². The van der Waals surface area contributed by atoms with E-state index in [1.54, 1.807) is 6.92 Å². The Bertz CT molecular complexity index is 277. The molecule has 1 heterocycles. The molecule has 5 heteroatoms. The number of hydrogen-bond donors (Lipinski definition) is 1. The number of aliphatic hydroxyl groups is 1. The van der Waals surface area contributed by atoms with Gasteiger partial charge in [-0.1, -0.05) is 0 Å². The Morgan fingerprint density at radius 3 is 2.43 bits per heavy atom. The lowest BCUT2D eigenvalue weighted by Crippen LogP contribution is -2.39. The molecule has 0 bridgehead atoms. The molecule has 76 valence electrons. The second-order valence-corrected chi connectivity index (χ2v) is 3.31. The van der Waals surface area contributed by atoms with E-state index >= 15 is 0 Å². The molecule has 5 nitrogen and oxygen atoms in total. The number of nitriles is 2. The lowest BCUT2D eigenvalue weighted by atomic mass is 9.81. The summed E-state index contributed by atoms with van der Waals surface area (Å²) in [4.78, 5) is 0. The van der Waals surface area contributed by atoms with Gasteiger partial charge in [-0.15, -0.1) is 0 Å². The highest BCUT2D eigenvalue weighted by atomic mass is 16.6. The molecule has 0 unspecified atom stereocenters. The van der Waals surface area contributed by atoms with Gasteiger partial charge in [0, 0.05) is 7.11 Å². The van der Waals surface area contributed by atoms with Gasteiger partial charge in [-0.2, -0.15) is 10.5 Å². The smallest absolute Gasteiger partial charge is 0.197 e. The van der Waals surface area contributed by atoms with Gasteiger partial charge in [0.25, 0.3) is 0 Å². The second kappa shape index (κ2) is 3.93. The van der Waals surface area contributed by atoms with Crippen molar-refractivity contribution in [2.75, 3.05) is 13.7 Å². The maximum atomic E-state index is 9.75. The minimum Gasteiger partial charge on any atom is -0.387 e. The van der Waals surface area contributed by atoms with Gasteiger partial charge in [-0.3, -0.25) is 0 Å². The number of methoxy groups -OCH3 is 1. The van der Waals surface area contributed by atoms with Gasteiger partial charge in [0.15, 0.2) is 5.41 Å². The summed E-state index contributed by atoms with van der Waals surface area (Å²) in [5.74, 6) is 0. The molecule has 1 saturated heterocycles. The molecule has 3 atom stereocenters. The van der Waals surface area contributed by atoms with Crippen LogP contribution in [-0.4, -0.2) is 37.1 Å². The van der Waals surface area contributed by atoms with Crippen molar-refractivity contribution < 1.29 is 14.6 Å². The number of nitrogens with zero attached hydrogens (tertiary/aromatic N) is 2. The van der Waals surface area contributed by atoms with Crippen LogP contribution in [0.4, 0.5) is 0 Å². The van der Waals surface area contributed by atoms with Crippen LogP contribution >= 0.6 is 0 Å². The first kappa shape index (κ1) is 10.9. The minimum atomic E-state index is -1.47. The van der Waals surface area contributed by atoms with Crippen LogP contribution in [0.25, 0.3) is 0 Å². The fourth-order valence-electron chi connectivity index (χ4n) is 1.61. The van der Waals surface area contributed by atoms with E-state index in [1.165, 1.54) is 7.11 Å². The molecule has 0 aromatic rings. The lowest BCUT2D eigenvalue weighted by molar-refractivity contribution is -0.0289. The highest BCUT2D eigenvalue weighted by Gasteiger charge is 2.55. The largest absolute Gasteiger partial charge is 0.387 e. The highest BCUT2D eigenvalue weighted by molar-refractivity contribution is 5.24. The van der Waals surface area contributed by atoms with Crippen molar-refractivity contribution in [3.8, 4) is 12.1 Å². The fourth-order valence-corrected chi connectivity index (χ4v) is 1.61. The molecule has 0 saturated carbocycles. The van der Waals surface area contributed by atoms with Crippen molar-refractivity contribution in [1.29, 1.82) is 10.5 Å². The van der Waals surface area contributed by atoms with Gasteiger partial charge >= 0.3 is 0 Å². The van der Waals surface area contributed by atoms with Crippen LogP contribution in [0.5, 0.6) is 0 Å². The SMILES string of the molecule is COC[C@H]1O[C@@H](C)C(C#N)(C#N)[C@H]1O. The van der Waals surface area contributed by atoms with Crippen LogP contribution < -0.4 is 0 Å².